The lowest BCUT2D eigenvalue weighted by Gasteiger charge is -2.03. The van der Waals surface area contributed by atoms with Crippen LogP contribution in [0.5, 0.6) is 5.75 Å². The molecule has 0 aliphatic rings. The van der Waals surface area contributed by atoms with Gasteiger partial charge in [0, 0.05) is 6.54 Å². The van der Waals surface area contributed by atoms with Crippen LogP contribution in [0.15, 0.2) is 24.3 Å². The molecule has 0 saturated carbocycles. The lowest BCUT2D eigenvalue weighted by Crippen LogP contribution is -2.22. The molecule has 1 aromatic rings. The normalized spacial score (nSPS) is 9.71. The monoisotopic (exact) mass is 195 g/mol. The molecule has 1 amide bonds. The Hall–Kier alpha value is -1.71. The van der Waals surface area contributed by atoms with Crippen LogP contribution in [0, 0.1) is 0 Å². The fraction of sp³-hybridized carbons (Fsp3) is 0.300. The smallest absolute Gasteiger partial charge is 0.404 e. The van der Waals surface area contributed by atoms with Gasteiger partial charge in [0.15, 0.2) is 0 Å². The molecule has 1 aromatic carbocycles. The van der Waals surface area contributed by atoms with Gasteiger partial charge in [0.2, 0.25) is 0 Å². The zero-order chi connectivity index (χ0) is 10.4. The van der Waals surface area contributed by atoms with Crippen LogP contribution in [0.25, 0.3) is 0 Å². The predicted octanol–water partition coefficient (Wildman–Crippen LogP) is 1.59. The Balaban J connectivity index is 2.31. The van der Waals surface area contributed by atoms with E-state index in [4.69, 9.17) is 5.11 Å². The number of amides is 1. The minimum Gasteiger partial charge on any atom is -0.508 e. The van der Waals surface area contributed by atoms with Crippen molar-refractivity contribution in [2.45, 2.75) is 12.8 Å². The Bertz CT molecular complexity index is 312. The van der Waals surface area contributed by atoms with Gasteiger partial charge in [0.05, 0.1) is 0 Å². The first kappa shape index (κ1) is 10.4. The first-order chi connectivity index (χ1) is 6.70. The number of phenols is 1. The summed E-state index contributed by atoms with van der Waals surface area (Å²) < 4.78 is 0. The molecule has 0 radical (unpaired) electrons. The van der Waals surface area contributed by atoms with E-state index in [9.17, 15) is 9.90 Å². The van der Waals surface area contributed by atoms with Gasteiger partial charge in [-0.15, -0.1) is 0 Å². The molecule has 0 bridgehead atoms. The van der Waals surface area contributed by atoms with Gasteiger partial charge in [-0.05, 0) is 24.5 Å². The van der Waals surface area contributed by atoms with E-state index in [0.717, 1.165) is 5.56 Å². The Morgan fingerprint density at radius 3 is 2.71 bits per heavy atom. The fourth-order valence-corrected chi connectivity index (χ4v) is 1.20. The quantitative estimate of drug-likeness (QED) is 0.639. The third-order valence-corrected chi connectivity index (χ3v) is 1.89. The highest BCUT2D eigenvalue weighted by atomic mass is 16.4. The van der Waals surface area contributed by atoms with Crippen molar-refractivity contribution in [3.05, 3.63) is 29.8 Å². The average molecular weight is 195 g/mol. The molecule has 0 spiro atoms. The molecule has 0 aliphatic carbocycles. The van der Waals surface area contributed by atoms with Gasteiger partial charge in [-0.1, -0.05) is 18.2 Å². The predicted molar refractivity (Wildman–Crippen MR) is 52.5 cm³/mol. The summed E-state index contributed by atoms with van der Waals surface area (Å²) in [4.78, 5) is 10.1. The van der Waals surface area contributed by atoms with Crippen LogP contribution in [0.3, 0.4) is 0 Å². The number of para-hydroxylation sites is 1. The van der Waals surface area contributed by atoms with Crippen LogP contribution in [-0.4, -0.2) is 22.9 Å². The Morgan fingerprint density at radius 2 is 2.07 bits per heavy atom. The average Bonchev–Trinajstić information content (AvgIpc) is 2.15. The molecule has 0 saturated heterocycles. The van der Waals surface area contributed by atoms with E-state index in [2.05, 4.69) is 5.32 Å². The number of aryl methyl sites for hydroxylation is 1. The van der Waals surface area contributed by atoms with Crippen molar-refractivity contribution >= 4 is 6.09 Å². The Morgan fingerprint density at radius 1 is 1.36 bits per heavy atom. The van der Waals surface area contributed by atoms with Crippen molar-refractivity contribution in [3.63, 3.8) is 0 Å². The van der Waals surface area contributed by atoms with Gasteiger partial charge in [0.1, 0.15) is 5.75 Å². The lowest BCUT2D eigenvalue weighted by molar-refractivity contribution is 0.194. The number of benzene rings is 1. The molecule has 0 heterocycles. The highest BCUT2D eigenvalue weighted by Gasteiger charge is 1.99. The summed E-state index contributed by atoms with van der Waals surface area (Å²) in [6, 6.07) is 7.06. The maximum atomic E-state index is 10.1. The summed E-state index contributed by atoms with van der Waals surface area (Å²) in [5, 5.41) is 20.0. The lowest BCUT2D eigenvalue weighted by atomic mass is 10.1. The fourth-order valence-electron chi connectivity index (χ4n) is 1.20. The Labute approximate surface area is 82.2 Å². The van der Waals surface area contributed by atoms with Crippen molar-refractivity contribution in [3.8, 4) is 5.75 Å². The molecule has 0 atom stereocenters. The molecule has 76 valence electrons. The number of hydrogen-bond donors (Lipinski definition) is 3. The molecule has 0 aromatic heterocycles. The third kappa shape index (κ3) is 3.35. The molecule has 0 aliphatic heterocycles. The first-order valence-electron chi connectivity index (χ1n) is 4.44. The van der Waals surface area contributed by atoms with Crippen molar-refractivity contribution < 1.29 is 15.0 Å². The highest BCUT2D eigenvalue weighted by Crippen LogP contribution is 2.16. The van der Waals surface area contributed by atoms with Crippen LogP contribution < -0.4 is 5.32 Å². The highest BCUT2D eigenvalue weighted by molar-refractivity contribution is 5.64. The van der Waals surface area contributed by atoms with Crippen LogP contribution in [0.1, 0.15) is 12.0 Å². The third-order valence-electron chi connectivity index (χ3n) is 1.89. The Kier molecular flexibility index (Phi) is 3.79. The standard InChI is InChI=1S/C10H13NO3/c12-9-6-2-1-4-8(9)5-3-7-11-10(13)14/h1-2,4,6,11-12H,3,5,7H2,(H,13,14). The number of hydrogen-bond acceptors (Lipinski definition) is 2. The number of aromatic hydroxyl groups is 1. The second-order valence-corrected chi connectivity index (χ2v) is 2.96. The number of phenolic OH excluding ortho intramolecular Hbond substituents is 1. The summed E-state index contributed by atoms with van der Waals surface area (Å²) in [6.07, 6.45) is 0.346. The molecule has 4 heteroatoms. The van der Waals surface area contributed by atoms with E-state index >= 15 is 0 Å². The van der Waals surface area contributed by atoms with Crippen LogP contribution >= 0.6 is 0 Å². The summed E-state index contributed by atoms with van der Waals surface area (Å²) in [6.45, 7) is 0.406. The van der Waals surface area contributed by atoms with E-state index in [-0.39, 0.29) is 5.75 Å². The van der Waals surface area contributed by atoms with Crippen LogP contribution in [0.4, 0.5) is 4.79 Å². The van der Waals surface area contributed by atoms with E-state index < -0.39 is 6.09 Å². The minimum absolute atomic E-state index is 0.267. The van der Waals surface area contributed by atoms with Gasteiger partial charge in [-0.25, -0.2) is 4.79 Å². The van der Waals surface area contributed by atoms with Gasteiger partial charge in [-0.3, -0.25) is 0 Å². The number of carbonyl (C=O) groups is 1. The molecule has 0 unspecified atom stereocenters. The zero-order valence-electron chi connectivity index (χ0n) is 7.73. The second-order valence-electron chi connectivity index (χ2n) is 2.96. The van der Waals surface area contributed by atoms with Gasteiger partial charge in [-0.2, -0.15) is 0 Å². The van der Waals surface area contributed by atoms with Crippen molar-refractivity contribution in [1.29, 1.82) is 0 Å². The summed E-state index contributed by atoms with van der Waals surface area (Å²) in [5.74, 6) is 0.267. The van der Waals surface area contributed by atoms with E-state index in [1.54, 1.807) is 12.1 Å². The number of rotatable bonds is 4. The largest absolute Gasteiger partial charge is 0.508 e. The zero-order valence-corrected chi connectivity index (χ0v) is 7.73. The van der Waals surface area contributed by atoms with E-state index in [1.165, 1.54) is 0 Å². The maximum Gasteiger partial charge on any atom is 0.404 e. The maximum absolute atomic E-state index is 10.1. The summed E-state index contributed by atoms with van der Waals surface area (Å²) in [5.41, 5.74) is 0.847. The van der Waals surface area contributed by atoms with E-state index in [0.29, 0.717) is 19.4 Å². The molecular weight excluding hydrogens is 182 g/mol. The van der Waals surface area contributed by atoms with Crippen LogP contribution in [0.2, 0.25) is 0 Å². The number of carboxylic acid groups (broad SMARTS) is 1. The molecule has 0 fully saturated rings. The molecule has 1 rings (SSSR count). The number of nitrogens with one attached hydrogen (secondary N) is 1. The SMILES string of the molecule is O=C(O)NCCCc1ccccc1O. The van der Waals surface area contributed by atoms with Gasteiger partial charge in [0.25, 0.3) is 0 Å². The summed E-state index contributed by atoms with van der Waals surface area (Å²) >= 11 is 0. The van der Waals surface area contributed by atoms with Crippen LogP contribution in [-0.2, 0) is 6.42 Å². The van der Waals surface area contributed by atoms with Gasteiger partial charge >= 0.3 is 6.09 Å². The van der Waals surface area contributed by atoms with Crippen molar-refractivity contribution in [1.82, 2.24) is 5.32 Å². The van der Waals surface area contributed by atoms with Crippen molar-refractivity contribution in [2.24, 2.45) is 0 Å². The molecule has 14 heavy (non-hydrogen) atoms. The molecular formula is C10H13NO3. The topological polar surface area (TPSA) is 69.6 Å². The van der Waals surface area contributed by atoms with Crippen molar-refractivity contribution in [2.75, 3.05) is 6.54 Å². The molecule has 4 nitrogen and oxygen atoms in total. The van der Waals surface area contributed by atoms with Gasteiger partial charge < -0.3 is 15.5 Å². The molecule has 3 N–H and O–H groups in total. The minimum atomic E-state index is -1.01. The summed E-state index contributed by atoms with van der Waals surface area (Å²) in [7, 11) is 0. The first-order valence-corrected chi connectivity index (χ1v) is 4.44. The second kappa shape index (κ2) is 5.11. The van der Waals surface area contributed by atoms with E-state index in [1.807, 2.05) is 12.1 Å².